The zero-order chi connectivity index (χ0) is 18.7. The van der Waals surface area contributed by atoms with Gasteiger partial charge in [-0.15, -0.1) is 10.2 Å². The molecule has 1 N–H and O–H groups in total. The molecule has 2 aromatic heterocycles. The molecule has 0 unspecified atom stereocenters. The van der Waals surface area contributed by atoms with Crippen LogP contribution in [0.3, 0.4) is 0 Å². The van der Waals surface area contributed by atoms with Crippen LogP contribution < -0.4 is 10.9 Å². The lowest BCUT2D eigenvalue weighted by Gasteiger charge is -2.08. The summed E-state index contributed by atoms with van der Waals surface area (Å²) in [5.74, 6) is 0.667. The Bertz CT molecular complexity index is 971. The second kappa shape index (κ2) is 7.35. The Labute approximate surface area is 150 Å². The van der Waals surface area contributed by atoms with Gasteiger partial charge in [-0.2, -0.15) is 0 Å². The lowest BCUT2D eigenvalue weighted by Crippen LogP contribution is -2.26. The van der Waals surface area contributed by atoms with E-state index >= 15 is 0 Å². The third-order valence-corrected chi connectivity index (χ3v) is 3.81. The van der Waals surface area contributed by atoms with Crippen molar-refractivity contribution in [3.8, 4) is 11.5 Å². The molecule has 0 fully saturated rings. The van der Waals surface area contributed by atoms with Crippen LogP contribution in [0.5, 0.6) is 0 Å². The number of hydrogen-bond acceptors (Lipinski definition) is 5. The molecule has 0 saturated carbocycles. The molecule has 7 heteroatoms. The first-order valence-electron chi connectivity index (χ1n) is 8.33. The minimum absolute atomic E-state index is 0.105. The van der Waals surface area contributed by atoms with Crippen LogP contribution in [-0.4, -0.2) is 20.7 Å². The number of pyridine rings is 1. The molecule has 0 aliphatic carbocycles. The summed E-state index contributed by atoms with van der Waals surface area (Å²) in [4.78, 5) is 24.3. The van der Waals surface area contributed by atoms with Crippen molar-refractivity contribution in [3.63, 3.8) is 0 Å². The van der Waals surface area contributed by atoms with Gasteiger partial charge in [-0.3, -0.25) is 9.59 Å². The highest BCUT2D eigenvalue weighted by atomic mass is 16.4. The average molecular weight is 352 g/mol. The number of nitrogens with one attached hydrogen (secondary N) is 1. The SMILES string of the molecule is Cc1ccc(NC(=O)Cn2cc(-c3nnc(C(C)C)o3)ccc2=O)cc1. The normalized spacial score (nSPS) is 10.9. The van der Waals surface area contributed by atoms with Crippen LogP contribution in [0, 0.1) is 6.92 Å². The Hall–Kier alpha value is -3.22. The summed E-state index contributed by atoms with van der Waals surface area (Å²) in [6.45, 7) is 5.77. The molecule has 1 aromatic carbocycles. The summed E-state index contributed by atoms with van der Waals surface area (Å²) in [6, 6.07) is 10.4. The lowest BCUT2D eigenvalue weighted by molar-refractivity contribution is -0.116. The van der Waals surface area contributed by atoms with Crippen LogP contribution in [0.4, 0.5) is 5.69 Å². The fourth-order valence-electron chi connectivity index (χ4n) is 2.36. The average Bonchev–Trinajstić information content (AvgIpc) is 3.09. The van der Waals surface area contributed by atoms with E-state index in [9.17, 15) is 9.59 Å². The first-order valence-corrected chi connectivity index (χ1v) is 8.33. The molecule has 0 radical (unpaired) electrons. The van der Waals surface area contributed by atoms with E-state index in [1.165, 1.54) is 10.6 Å². The number of aryl methyl sites for hydroxylation is 1. The molecule has 26 heavy (non-hydrogen) atoms. The van der Waals surface area contributed by atoms with Crippen molar-refractivity contribution in [2.45, 2.75) is 33.2 Å². The fraction of sp³-hybridized carbons (Fsp3) is 0.263. The van der Waals surface area contributed by atoms with Gasteiger partial charge in [0.05, 0.1) is 5.56 Å². The van der Waals surface area contributed by atoms with Crippen molar-refractivity contribution in [1.29, 1.82) is 0 Å². The van der Waals surface area contributed by atoms with Gasteiger partial charge < -0.3 is 14.3 Å². The summed E-state index contributed by atoms with van der Waals surface area (Å²) >= 11 is 0. The Kier molecular flexibility index (Phi) is 4.97. The van der Waals surface area contributed by atoms with E-state index in [-0.39, 0.29) is 23.9 Å². The molecule has 0 aliphatic heterocycles. The van der Waals surface area contributed by atoms with Gasteiger partial charge in [-0.25, -0.2) is 0 Å². The topological polar surface area (TPSA) is 90.0 Å². The summed E-state index contributed by atoms with van der Waals surface area (Å²) in [7, 11) is 0. The number of benzene rings is 1. The van der Waals surface area contributed by atoms with E-state index in [4.69, 9.17) is 4.42 Å². The predicted molar refractivity (Wildman–Crippen MR) is 97.9 cm³/mol. The zero-order valence-corrected chi connectivity index (χ0v) is 14.9. The van der Waals surface area contributed by atoms with Gasteiger partial charge in [0.15, 0.2) is 0 Å². The van der Waals surface area contributed by atoms with E-state index < -0.39 is 0 Å². The predicted octanol–water partition coefficient (Wildman–Crippen LogP) is 2.97. The summed E-state index contributed by atoms with van der Waals surface area (Å²) < 4.78 is 6.92. The lowest BCUT2D eigenvalue weighted by atomic mass is 10.2. The monoisotopic (exact) mass is 352 g/mol. The first-order chi connectivity index (χ1) is 12.4. The van der Waals surface area contributed by atoms with Crippen molar-refractivity contribution < 1.29 is 9.21 Å². The third kappa shape index (κ3) is 4.05. The fourth-order valence-corrected chi connectivity index (χ4v) is 2.36. The number of nitrogens with zero attached hydrogens (tertiary/aromatic N) is 3. The standard InChI is InChI=1S/C19H20N4O3/c1-12(2)18-21-22-19(26-18)14-6-9-17(25)23(10-14)11-16(24)20-15-7-4-13(3)5-8-15/h4-10,12H,11H2,1-3H3,(H,20,24). The molecular formula is C19H20N4O3. The van der Waals surface area contributed by atoms with Crippen molar-refractivity contribution in [2.24, 2.45) is 0 Å². The number of aromatic nitrogens is 3. The third-order valence-electron chi connectivity index (χ3n) is 3.81. The Morgan fingerprint density at radius 2 is 1.88 bits per heavy atom. The number of hydrogen-bond donors (Lipinski definition) is 1. The van der Waals surface area contributed by atoms with E-state index in [2.05, 4.69) is 15.5 Å². The van der Waals surface area contributed by atoms with Gasteiger partial charge in [-0.1, -0.05) is 31.5 Å². The van der Waals surface area contributed by atoms with Crippen molar-refractivity contribution in [2.75, 3.05) is 5.32 Å². The molecule has 3 aromatic rings. The number of amides is 1. The number of rotatable bonds is 5. The number of carbonyl (C=O) groups excluding carboxylic acids is 1. The Morgan fingerprint density at radius 1 is 1.15 bits per heavy atom. The van der Waals surface area contributed by atoms with Gasteiger partial charge in [0.25, 0.3) is 5.56 Å². The molecule has 134 valence electrons. The van der Waals surface area contributed by atoms with E-state index in [0.29, 0.717) is 23.0 Å². The van der Waals surface area contributed by atoms with Crippen molar-refractivity contribution in [1.82, 2.24) is 14.8 Å². The molecule has 0 saturated heterocycles. The highest BCUT2D eigenvalue weighted by Crippen LogP contribution is 2.20. The Balaban J connectivity index is 1.77. The molecule has 0 atom stereocenters. The number of carbonyl (C=O) groups is 1. The summed E-state index contributed by atoms with van der Waals surface area (Å²) in [5.41, 5.74) is 2.10. The van der Waals surface area contributed by atoms with Gasteiger partial charge in [0, 0.05) is 23.9 Å². The molecule has 0 spiro atoms. The van der Waals surface area contributed by atoms with Crippen molar-refractivity contribution >= 4 is 11.6 Å². The minimum atomic E-state index is -0.290. The van der Waals surface area contributed by atoms with E-state index in [1.54, 1.807) is 12.3 Å². The quantitative estimate of drug-likeness (QED) is 0.762. The minimum Gasteiger partial charge on any atom is -0.420 e. The molecule has 0 aliphatic rings. The molecule has 1 amide bonds. The Morgan fingerprint density at radius 3 is 2.54 bits per heavy atom. The van der Waals surface area contributed by atoms with E-state index in [0.717, 1.165) is 5.56 Å². The molecule has 0 bridgehead atoms. The maximum absolute atomic E-state index is 12.2. The van der Waals surface area contributed by atoms with E-state index in [1.807, 2.05) is 45.0 Å². The maximum atomic E-state index is 12.2. The van der Waals surface area contributed by atoms with Crippen LogP contribution >= 0.6 is 0 Å². The molecule has 3 rings (SSSR count). The smallest absolute Gasteiger partial charge is 0.251 e. The van der Waals surface area contributed by atoms with Crippen LogP contribution in [0.1, 0.15) is 31.2 Å². The van der Waals surface area contributed by atoms with Crippen LogP contribution in [-0.2, 0) is 11.3 Å². The van der Waals surface area contributed by atoms with Gasteiger partial charge in [0.2, 0.25) is 17.7 Å². The maximum Gasteiger partial charge on any atom is 0.251 e. The largest absolute Gasteiger partial charge is 0.420 e. The van der Waals surface area contributed by atoms with Gasteiger partial charge in [0.1, 0.15) is 6.54 Å². The second-order valence-electron chi connectivity index (χ2n) is 6.40. The second-order valence-corrected chi connectivity index (χ2v) is 6.40. The molecule has 2 heterocycles. The van der Waals surface area contributed by atoms with Gasteiger partial charge in [-0.05, 0) is 25.1 Å². The van der Waals surface area contributed by atoms with Crippen molar-refractivity contribution in [3.05, 3.63) is 64.4 Å². The van der Waals surface area contributed by atoms with Crippen LogP contribution in [0.25, 0.3) is 11.5 Å². The van der Waals surface area contributed by atoms with Crippen LogP contribution in [0.2, 0.25) is 0 Å². The highest BCUT2D eigenvalue weighted by molar-refractivity contribution is 5.90. The summed E-state index contributed by atoms with van der Waals surface area (Å²) in [5, 5.41) is 10.8. The molecule has 7 nitrogen and oxygen atoms in total. The number of anilines is 1. The summed E-state index contributed by atoms with van der Waals surface area (Å²) in [6.07, 6.45) is 1.55. The zero-order valence-electron chi connectivity index (χ0n) is 14.9. The first kappa shape index (κ1) is 17.6. The van der Waals surface area contributed by atoms with Crippen LogP contribution in [0.15, 0.2) is 51.8 Å². The molecular weight excluding hydrogens is 332 g/mol. The van der Waals surface area contributed by atoms with Gasteiger partial charge >= 0.3 is 0 Å². The highest BCUT2D eigenvalue weighted by Gasteiger charge is 2.13.